The summed E-state index contributed by atoms with van der Waals surface area (Å²) in [7, 11) is 0. The van der Waals surface area contributed by atoms with Crippen molar-refractivity contribution in [1.29, 1.82) is 0 Å². The molecule has 0 bridgehead atoms. The lowest BCUT2D eigenvalue weighted by Crippen LogP contribution is -2.38. The first-order valence-electron chi connectivity index (χ1n) is 9.33. The maximum Gasteiger partial charge on any atom is 0.317 e. The van der Waals surface area contributed by atoms with Crippen molar-refractivity contribution in [2.45, 2.75) is 54.5 Å². The zero-order valence-electron chi connectivity index (χ0n) is 16.4. The molecule has 25 heavy (non-hydrogen) atoms. The molecule has 0 spiro atoms. The van der Waals surface area contributed by atoms with E-state index < -0.39 is 0 Å². The molecule has 2 N–H and O–H groups in total. The van der Waals surface area contributed by atoms with Gasteiger partial charge in [0.15, 0.2) is 0 Å². The number of aromatic amines is 1. The van der Waals surface area contributed by atoms with Gasteiger partial charge < -0.3 is 15.2 Å². The van der Waals surface area contributed by atoms with Gasteiger partial charge in [0.2, 0.25) is 0 Å². The van der Waals surface area contributed by atoms with Crippen LogP contribution in [0.5, 0.6) is 0 Å². The second-order valence-electron chi connectivity index (χ2n) is 5.98. The number of rotatable bonds is 2. The molecule has 1 aromatic carbocycles. The fourth-order valence-corrected chi connectivity index (χ4v) is 2.99. The van der Waals surface area contributed by atoms with Gasteiger partial charge in [-0.25, -0.2) is 4.79 Å². The highest BCUT2D eigenvalue weighted by Gasteiger charge is 2.22. The lowest BCUT2D eigenvalue weighted by atomic mass is 10.2. The largest absolute Gasteiger partial charge is 0.357 e. The Morgan fingerprint density at radius 2 is 1.96 bits per heavy atom. The minimum atomic E-state index is 0.0206. The molecule has 140 valence electrons. The quantitative estimate of drug-likeness (QED) is 0.701. The molecular formula is C20H32ClN3O. The van der Waals surface area contributed by atoms with Crippen molar-refractivity contribution >= 4 is 28.5 Å². The van der Waals surface area contributed by atoms with E-state index in [1.165, 1.54) is 0 Å². The van der Waals surface area contributed by atoms with Crippen LogP contribution in [0.2, 0.25) is 5.02 Å². The Bertz CT molecular complexity index is 642. The van der Waals surface area contributed by atoms with Gasteiger partial charge in [0.1, 0.15) is 0 Å². The van der Waals surface area contributed by atoms with E-state index in [-0.39, 0.29) is 6.03 Å². The Hall–Kier alpha value is -1.68. The normalized spacial score (nSPS) is 16.0. The summed E-state index contributed by atoms with van der Waals surface area (Å²) in [4.78, 5) is 17.3. The number of aryl methyl sites for hydroxylation is 1. The number of fused-ring (bicyclic) bond motifs is 1. The van der Waals surface area contributed by atoms with Gasteiger partial charge in [-0.1, -0.05) is 46.2 Å². The topological polar surface area (TPSA) is 48.1 Å². The lowest BCUT2D eigenvalue weighted by molar-refractivity contribution is 0.207. The number of hydrogen-bond donors (Lipinski definition) is 2. The van der Waals surface area contributed by atoms with Crippen molar-refractivity contribution in [2.75, 3.05) is 13.1 Å². The van der Waals surface area contributed by atoms with Crippen molar-refractivity contribution in [3.05, 3.63) is 34.5 Å². The fourth-order valence-electron chi connectivity index (χ4n) is 2.82. The highest BCUT2D eigenvalue weighted by atomic mass is 35.5. The van der Waals surface area contributed by atoms with Gasteiger partial charge in [-0.15, -0.1) is 0 Å². The number of carbonyl (C=O) groups excluding carboxylic acids is 1. The Morgan fingerprint density at radius 3 is 2.56 bits per heavy atom. The third kappa shape index (κ3) is 5.67. The van der Waals surface area contributed by atoms with Crippen LogP contribution in [-0.2, 0) is 6.54 Å². The molecule has 2 heterocycles. The molecule has 1 unspecified atom stereocenters. The number of carbonyl (C=O) groups is 1. The molecule has 0 radical (unpaired) electrons. The number of urea groups is 1. The van der Waals surface area contributed by atoms with E-state index in [9.17, 15) is 4.79 Å². The van der Waals surface area contributed by atoms with Crippen LogP contribution >= 0.6 is 11.6 Å². The van der Waals surface area contributed by atoms with Gasteiger partial charge in [-0.3, -0.25) is 0 Å². The first-order valence-corrected chi connectivity index (χ1v) is 9.71. The molecule has 2 aromatic rings. The average molecular weight is 366 g/mol. The monoisotopic (exact) mass is 365 g/mol. The van der Waals surface area contributed by atoms with Gasteiger partial charge in [-0.2, -0.15) is 0 Å². The van der Waals surface area contributed by atoms with Crippen LogP contribution in [-0.4, -0.2) is 29.0 Å². The highest BCUT2D eigenvalue weighted by Crippen LogP contribution is 2.24. The number of likely N-dealkylation sites (tertiary alicyclic amines) is 1. The SMILES string of the molecule is CC.CC.Cc1cc2[nH]c(CNC(=O)N3CCC(C)C3)cc2cc1Cl. The summed E-state index contributed by atoms with van der Waals surface area (Å²) in [5, 5.41) is 4.81. The number of nitrogens with zero attached hydrogens (tertiary/aromatic N) is 1. The van der Waals surface area contributed by atoms with Crippen LogP contribution < -0.4 is 5.32 Å². The van der Waals surface area contributed by atoms with Crippen LogP contribution in [0.1, 0.15) is 52.3 Å². The molecule has 1 atom stereocenters. The first-order chi connectivity index (χ1) is 12.0. The van der Waals surface area contributed by atoms with Crippen LogP contribution in [0.4, 0.5) is 4.79 Å². The van der Waals surface area contributed by atoms with E-state index in [0.29, 0.717) is 12.5 Å². The highest BCUT2D eigenvalue weighted by molar-refractivity contribution is 6.32. The summed E-state index contributed by atoms with van der Waals surface area (Å²) in [6.45, 7) is 14.4. The summed E-state index contributed by atoms with van der Waals surface area (Å²) < 4.78 is 0. The van der Waals surface area contributed by atoms with Gasteiger partial charge >= 0.3 is 6.03 Å². The average Bonchev–Trinajstić information content (AvgIpc) is 3.23. The third-order valence-corrected chi connectivity index (χ3v) is 4.50. The van der Waals surface area contributed by atoms with Crippen molar-refractivity contribution < 1.29 is 4.79 Å². The predicted molar refractivity (Wildman–Crippen MR) is 108 cm³/mol. The smallest absolute Gasteiger partial charge is 0.317 e. The van der Waals surface area contributed by atoms with Gasteiger partial charge in [0, 0.05) is 34.7 Å². The number of amides is 2. The van der Waals surface area contributed by atoms with E-state index in [4.69, 9.17) is 11.6 Å². The molecule has 0 saturated carbocycles. The number of nitrogens with one attached hydrogen (secondary N) is 2. The van der Waals surface area contributed by atoms with Gasteiger partial charge in [0.25, 0.3) is 0 Å². The number of aromatic nitrogens is 1. The van der Waals surface area contributed by atoms with Crippen LogP contribution in [0, 0.1) is 12.8 Å². The zero-order valence-corrected chi connectivity index (χ0v) is 17.1. The summed E-state index contributed by atoms with van der Waals surface area (Å²) in [5.41, 5.74) is 3.09. The number of H-pyrrole nitrogens is 1. The standard InChI is InChI=1S/C16H20ClN3O.2C2H6/c1-10-3-4-20(9-10)16(21)18-8-13-6-12-7-14(17)11(2)5-15(12)19-13;2*1-2/h5-7,10,19H,3-4,8-9H2,1-2H3,(H,18,21);2*1-2H3. The molecule has 1 fully saturated rings. The van der Waals surface area contributed by atoms with E-state index in [1.54, 1.807) is 0 Å². The number of benzene rings is 1. The third-order valence-electron chi connectivity index (χ3n) is 4.10. The molecular weight excluding hydrogens is 334 g/mol. The summed E-state index contributed by atoms with van der Waals surface area (Å²) in [6.07, 6.45) is 1.09. The van der Waals surface area contributed by atoms with Crippen molar-refractivity contribution in [3.8, 4) is 0 Å². The molecule has 0 aliphatic carbocycles. The van der Waals surface area contributed by atoms with Gasteiger partial charge in [0.05, 0.1) is 6.54 Å². The van der Waals surface area contributed by atoms with E-state index in [1.807, 2.05) is 57.7 Å². The summed E-state index contributed by atoms with van der Waals surface area (Å²) in [5.74, 6) is 0.606. The second-order valence-corrected chi connectivity index (χ2v) is 6.39. The fraction of sp³-hybridized carbons (Fsp3) is 0.550. The summed E-state index contributed by atoms with van der Waals surface area (Å²) >= 11 is 6.13. The Morgan fingerprint density at radius 1 is 1.28 bits per heavy atom. The Kier molecular flexibility index (Phi) is 8.84. The Balaban J connectivity index is 0.000000730. The van der Waals surface area contributed by atoms with Crippen molar-refractivity contribution in [1.82, 2.24) is 15.2 Å². The minimum Gasteiger partial charge on any atom is -0.357 e. The van der Waals surface area contributed by atoms with E-state index in [0.717, 1.165) is 46.7 Å². The van der Waals surface area contributed by atoms with Gasteiger partial charge in [-0.05, 0) is 43.0 Å². The molecule has 1 saturated heterocycles. The predicted octanol–water partition coefficient (Wildman–Crippen LogP) is 5.73. The zero-order chi connectivity index (χ0) is 19.0. The second kappa shape index (κ2) is 10.3. The van der Waals surface area contributed by atoms with E-state index in [2.05, 4.69) is 17.2 Å². The molecule has 4 nitrogen and oxygen atoms in total. The number of halogens is 1. The molecule has 1 aliphatic heterocycles. The van der Waals surface area contributed by atoms with Crippen LogP contribution in [0.15, 0.2) is 18.2 Å². The molecule has 2 amide bonds. The van der Waals surface area contributed by atoms with Crippen LogP contribution in [0.25, 0.3) is 10.9 Å². The lowest BCUT2D eigenvalue weighted by Gasteiger charge is -2.16. The Labute approximate surface area is 156 Å². The molecule has 1 aromatic heterocycles. The summed E-state index contributed by atoms with van der Waals surface area (Å²) in [6, 6.07) is 6.04. The molecule has 1 aliphatic rings. The first kappa shape index (κ1) is 21.4. The molecule has 5 heteroatoms. The molecule has 3 rings (SSSR count). The van der Waals surface area contributed by atoms with Crippen LogP contribution in [0.3, 0.4) is 0 Å². The van der Waals surface area contributed by atoms with Crippen molar-refractivity contribution in [3.63, 3.8) is 0 Å². The maximum atomic E-state index is 12.1. The maximum absolute atomic E-state index is 12.1. The van der Waals surface area contributed by atoms with Crippen molar-refractivity contribution in [2.24, 2.45) is 5.92 Å². The van der Waals surface area contributed by atoms with E-state index >= 15 is 0 Å². The number of hydrogen-bond acceptors (Lipinski definition) is 1. The minimum absolute atomic E-state index is 0.0206.